The van der Waals surface area contributed by atoms with Crippen LogP contribution < -0.4 is 5.32 Å². The van der Waals surface area contributed by atoms with Crippen LogP contribution in [0.4, 0.5) is 5.95 Å². The van der Waals surface area contributed by atoms with Crippen LogP contribution in [0.2, 0.25) is 0 Å². The summed E-state index contributed by atoms with van der Waals surface area (Å²) in [5, 5.41) is 3.28. The predicted molar refractivity (Wildman–Crippen MR) is 72.4 cm³/mol. The van der Waals surface area contributed by atoms with E-state index in [-0.39, 0.29) is 0 Å². The zero-order valence-corrected chi connectivity index (χ0v) is 11.5. The van der Waals surface area contributed by atoms with Crippen LogP contribution in [-0.4, -0.2) is 41.0 Å². The minimum absolute atomic E-state index is 0.752. The first-order valence-electron chi connectivity index (χ1n) is 6.44. The second kappa shape index (κ2) is 7.22. The molecule has 0 aliphatic carbocycles. The van der Waals surface area contributed by atoms with Crippen molar-refractivity contribution in [1.29, 1.82) is 0 Å². The van der Waals surface area contributed by atoms with Crippen molar-refractivity contribution in [3.8, 4) is 0 Å². The standard InChI is InChI=1S/C13H24N4/c1-5-17(6-2)9-7-8-14-13-15-11(3)10-12(4)16-13/h10H,5-9H2,1-4H3,(H,14,15,16). The molecule has 0 bridgehead atoms. The maximum atomic E-state index is 4.36. The normalized spacial score (nSPS) is 10.9. The van der Waals surface area contributed by atoms with E-state index < -0.39 is 0 Å². The highest BCUT2D eigenvalue weighted by molar-refractivity contribution is 5.27. The summed E-state index contributed by atoms with van der Waals surface area (Å²) in [6, 6.07) is 1.99. The van der Waals surface area contributed by atoms with Crippen LogP contribution in [-0.2, 0) is 0 Å². The first-order valence-corrected chi connectivity index (χ1v) is 6.44. The molecule has 1 aromatic rings. The van der Waals surface area contributed by atoms with Gasteiger partial charge in [0.2, 0.25) is 5.95 Å². The molecular weight excluding hydrogens is 212 g/mol. The molecule has 0 fully saturated rings. The third-order valence-corrected chi connectivity index (χ3v) is 2.81. The van der Waals surface area contributed by atoms with Gasteiger partial charge in [-0.25, -0.2) is 9.97 Å². The lowest BCUT2D eigenvalue weighted by Crippen LogP contribution is -2.25. The molecule has 0 radical (unpaired) electrons. The molecule has 1 rings (SSSR count). The van der Waals surface area contributed by atoms with Gasteiger partial charge in [0, 0.05) is 17.9 Å². The lowest BCUT2D eigenvalue weighted by Gasteiger charge is -2.17. The van der Waals surface area contributed by atoms with Gasteiger partial charge in [-0.05, 0) is 46.0 Å². The maximum absolute atomic E-state index is 4.36. The van der Waals surface area contributed by atoms with E-state index in [0.29, 0.717) is 0 Å². The highest BCUT2D eigenvalue weighted by Crippen LogP contribution is 2.03. The predicted octanol–water partition coefficient (Wildman–Crippen LogP) is 2.24. The van der Waals surface area contributed by atoms with Crippen LogP contribution >= 0.6 is 0 Å². The lowest BCUT2D eigenvalue weighted by atomic mass is 10.3. The number of rotatable bonds is 7. The Morgan fingerprint density at radius 1 is 1.12 bits per heavy atom. The molecule has 0 atom stereocenters. The monoisotopic (exact) mass is 236 g/mol. The zero-order valence-electron chi connectivity index (χ0n) is 11.5. The molecule has 4 nitrogen and oxygen atoms in total. The van der Waals surface area contributed by atoms with Gasteiger partial charge in [-0.1, -0.05) is 13.8 Å². The second-order valence-corrected chi connectivity index (χ2v) is 4.28. The third-order valence-electron chi connectivity index (χ3n) is 2.81. The molecule has 17 heavy (non-hydrogen) atoms. The first-order chi connectivity index (χ1) is 8.15. The summed E-state index contributed by atoms with van der Waals surface area (Å²) in [5.74, 6) is 0.752. The van der Waals surface area contributed by atoms with E-state index in [0.717, 1.165) is 49.9 Å². The summed E-state index contributed by atoms with van der Waals surface area (Å²) < 4.78 is 0. The van der Waals surface area contributed by atoms with Crippen molar-refractivity contribution in [2.75, 3.05) is 31.5 Å². The molecule has 0 amide bonds. The molecule has 0 aliphatic rings. The summed E-state index contributed by atoms with van der Waals surface area (Å²) in [7, 11) is 0. The highest BCUT2D eigenvalue weighted by Gasteiger charge is 2.00. The third kappa shape index (κ3) is 5.13. The fraction of sp³-hybridized carbons (Fsp3) is 0.692. The van der Waals surface area contributed by atoms with Crippen molar-refractivity contribution in [3.63, 3.8) is 0 Å². The second-order valence-electron chi connectivity index (χ2n) is 4.28. The summed E-state index contributed by atoms with van der Waals surface area (Å²) in [6.07, 6.45) is 1.12. The molecule has 0 saturated carbocycles. The van der Waals surface area contributed by atoms with E-state index in [1.165, 1.54) is 0 Å². The van der Waals surface area contributed by atoms with Gasteiger partial charge < -0.3 is 10.2 Å². The topological polar surface area (TPSA) is 41.0 Å². The van der Waals surface area contributed by atoms with Crippen molar-refractivity contribution < 1.29 is 0 Å². The Morgan fingerprint density at radius 2 is 1.71 bits per heavy atom. The summed E-state index contributed by atoms with van der Waals surface area (Å²) in [6.45, 7) is 12.7. The van der Waals surface area contributed by atoms with Gasteiger partial charge in [0.25, 0.3) is 0 Å². The van der Waals surface area contributed by atoms with E-state index in [2.05, 4.69) is 34.0 Å². The van der Waals surface area contributed by atoms with Crippen molar-refractivity contribution in [3.05, 3.63) is 17.5 Å². The molecule has 0 saturated heterocycles. The van der Waals surface area contributed by atoms with Crippen molar-refractivity contribution >= 4 is 5.95 Å². The smallest absolute Gasteiger partial charge is 0.223 e. The van der Waals surface area contributed by atoms with Gasteiger partial charge >= 0.3 is 0 Å². The van der Waals surface area contributed by atoms with Crippen molar-refractivity contribution in [2.24, 2.45) is 0 Å². The average molecular weight is 236 g/mol. The Bertz CT molecular complexity index is 314. The molecule has 96 valence electrons. The molecule has 0 aliphatic heterocycles. The number of hydrogen-bond acceptors (Lipinski definition) is 4. The fourth-order valence-corrected chi connectivity index (χ4v) is 1.85. The number of aryl methyl sites for hydroxylation is 2. The maximum Gasteiger partial charge on any atom is 0.223 e. The Hall–Kier alpha value is -1.16. The largest absolute Gasteiger partial charge is 0.354 e. The minimum atomic E-state index is 0.752. The summed E-state index contributed by atoms with van der Waals surface area (Å²) in [4.78, 5) is 11.1. The molecule has 1 aromatic heterocycles. The number of nitrogens with one attached hydrogen (secondary N) is 1. The SMILES string of the molecule is CCN(CC)CCCNc1nc(C)cc(C)n1. The van der Waals surface area contributed by atoms with Gasteiger partial charge in [-0.15, -0.1) is 0 Å². The van der Waals surface area contributed by atoms with Gasteiger partial charge in [-0.3, -0.25) is 0 Å². The van der Waals surface area contributed by atoms with Crippen molar-refractivity contribution in [1.82, 2.24) is 14.9 Å². The Labute approximate surface area is 104 Å². The first kappa shape index (κ1) is 13.9. The lowest BCUT2D eigenvalue weighted by molar-refractivity contribution is 0.303. The molecule has 1 heterocycles. The van der Waals surface area contributed by atoms with Gasteiger partial charge in [0.1, 0.15) is 0 Å². The van der Waals surface area contributed by atoms with Gasteiger partial charge in [-0.2, -0.15) is 0 Å². The Kier molecular flexibility index (Phi) is 5.91. The summed E-state index contributed by atoms with van der Waals surface area (Å²) in [5.41, 5.74) is 2.03. The number of hydrogen-bond donors (Lipinski definition) is 1. The molecule has 1 N–H and O–H groups in total. The fourth-order valence-electron chi connectivity index (χ4n) is 1.85. The van der Waals surface area contributed by atoms with Crippen LogP contribution in [0.1, 0.15) is 31.7 Å². The quantitative estimate of drug-likeness (QED) is 0.737. The summed E-state index contributed by atoms with van der Waals surface area (Å²) >= 11 is 0. The van der Waals surface area contributed by atoms with Crippen molar-refractivity contribution in [2.45, 2.75) is 34.1 Å². The molecular formula is C13H24N4. The van der Waals surface area contributed by atoms with Crippen LogP contribution in [0.25, 0.3) is 0 Å². The average Bonchev–Trinajstić information content (AvgIpc) is 2.28. The van der Waals surface area contributed by atoms with E-state index in [4.69, 9.17) is 0 Å². The van der Waals surface area contributed by atoms with E-state index >= 15 is 0 Å². The van der Waals surface area contributed by atoms with Crippen LogP contribution in [0.5, 0.6) is 0 Å². The molecule has 4 heteroatoms. The van der Waals surface area contributed by atoms with Gasteiger partial charge in [0.15, 0.2) is 0 Å². The van der Waals surface area contributed by atoms with Crippen LogP contribution in [0.15, 0.2) is 6.07 Å². The number of nitrogens with zero attached hydrogens (tertiary/aromatic N) is 3. The zero-order chi connectivity index (χ0) is 12.7. The minimum Gasteiger partial charge on any atom is -0.354 e. The molecule has 0 spiro atoms. The molecule has 0 aromatic carbocycles. The van der Waals surface area contributed by atoms with Gasteiger partial charge in [0.05, 0.1) is 0 Å². The Balaban J connectivity index is 2.31. The Morgan fingerprint density at radius 3 is 2.24 bits per heavy atom. The highest BCUT2D eigenvalue weighted by atomic mass is 15.1. The van der Waals surface area contributed by atoms with E-state index in [1.54, 1.807) is 0 Å². The number of anilines is 1. The van der Waals surface area contributed by atoms with Crippen LogP contribution in [0.3, 0.4) is 0 Å². The van der Waals surface area contributed by atoms with E-state index in [1.807, 2.05) is 19.9 Å². The molecule has 0 unspecified atom stereocenters. The number of aromatic nitrogens is 2. The van der Waals surface area contributed by atoms with Crippen LogP contribution in [0, 0.1) is 13.8 Å². The van der Waals surface area contributed by atoms with E-state index in [9.17, 15) is 0 Å².